The maximum Gasteiger partial charge on any atom is 0.421 e. The van der Waals surface area contributed by atoms with E-state index in [1.165, 1.54) is 0 Å². The second-order valence-corrected chi connectivity index (χ2v) is 7.42. The third-order valence-electron chi connectivity index (χ3n) is 5.16. The molecule has 2 aliphatic rings. The predicted octanol–water partition coefficient (Wildman–Crippen LogP) is 3.41. The molecule has 1 aliphatic heterocycles. The molecule has 0 unspecified atom stereocenters. The quantitative estimate of drug-likeness (QED) is 0.705. The first-order valence-electron chi connectivity index (χ1n) is 9.45. The second-order valence-electron chi connectivity index (χ2n) is 7.42. The van der Waals surface area contributed by atoms with E-state index in [9.17, 15) is 18.0 Å². The lowest BCUT2D eigenvalue weighted by Gasteiger charge is -2.19. The third-order valence-corrected chi connectivity index (χ3v) is 5.16. The highest BCUT2D eigenvalue weighted by atomic mass is 19.4. The number of hydrogen-bond acceptors (Lipinski definition) is 7. The Morgan fingerprint density at radius 1 is 1.38 bits per heavy atom. The van der Waals surface area contributed by atoms with Gasteiger partial charge in [-0.15, -0.1) is 0 Å². The Morgan fingerprint density at radius 2 is 2.14 bits per heavy atom. The molecular weight excluding hydrogens is 389 g/mol. The fraction of sp³-hybridized carbons (Fsp3) is 0.556. The van der Waals surface area contributed by atoms with Gasteiger partial charge in [0.25, 0.3) is 0 Å². The van der Waals surface area contributed by atoms with Crippen LogP contribution in [-0.4, -0.2) is 38.9 Å². The molecule has 0 spiro atoms. The summed E-state index contributed by atoms with van der Waals surface area (Å²) in [5, 5.41) is 10.2. The van der Waals surface area contributed by atoms with Crippen LogP contribution in [0.3, 0.4) is 0 Å². The summed E-state index contributed by atoms with van der Waals surface area (Å²) in [5.74, 6) is -0.379. The van der Waals surface area contributed by atoms with Gasteiger partial charge in [-0.05, 0) is 26.7 Å². The summed E-state index contributed by atoms with van der Waals surface area (Å²) in [5.41, 5.74) is -0.501. The molecule has 0 amide bonds. The van der Waals surface area contributed by atoms with Crippen LogP contribution in [-0.2, 0) is 21.2 Å². The molecule has 156 valence electrons. The summed E-state index contributed by atoms with van der Waals surface area (Å²) in [4.78, 5) is 20.0. The summed E-state index contributed by atoms with van der Waals surface area (Å²) in [6, 6.07) is 0. The van der Waals surface area contributed by atoms with Gasteiger partial charge in [-0.1, -0.05) is 0 Å². The molecule has 29 heavy (non-hydrogen) atoms. The van der Waals surface area contributed by atoms with Crippen LogP contribution in [0.4, 0.5) is 30.6 Å². The molecule has 3 heterocycles. The summed E-state index contributed by atoms with van der Waals surface area (Å²) in [6.45, 7) is 4.05. The van der Waals surface area contributed by atoms with Crippen molar-refractivity contribution < 1.29 is 22.7 Å². The molecule has 0 aromatic carbocycles. The number of nitrogens with zero attached hydrogens (tertiary/aromatic N) is 4. The Balaban J connectivity index is 1.67. The number of ether oxygens (including phenoxy) is 1. The molecule has 2 aromatic heterocycles. The van der Waals surface area contributed by atoms with Gasteiger partial charge >= 0.3 is 12.1 Å². The number of nitrogens with one attached hydrogen (secondary N) is 2. The summed E-state index contributed by atoms with van der Waals surface area (Å²) < 4.78 is 46.2. The number of anilines is 3. The zero-order valence-electron chi connectivity index (χ0n) is 16.0. The number of alkyl halides is 3. The van der Waals surface area contributed by atoms with Crippen LogP contribution in [0.15, 0.2) is 12.4 Å². The molecule has 4 rings (SSSR count). The van der Waals surface area contributed by atoms with Gasteiger partial charge in [0.15, 0.2) is 5.54 Å². The molecular formula is C18H21F3N6O2. The minimum atomic E-state index is -4.56. The van der Waals surface area contributed by atoms with Gasteiger partial charge in [-0.25, -0.2) is 9.78 Å². The van der Waals surface area contributed by atoms with Crippen LogP contribution >= 0.6 is 0 Å². The number of esters is 1. The lowest BCUT2D eigenvalue weighted by Crippen LogP contribution is -2.35. The monoisotopic (exact) mass is 410 g/mol. The lowest BCUT2D eigenvalue weighted by atomic mass is 10.0. The maximum absolute atomic E-state index is 13.2. The third kappa shape index (κ3) is 3.60. The molecule has 1 saturated heterocycles. The SMILES string of the molecule is CCNc1nc(Nc2cn([C@@]3(C)CCOC3=O)nc2C2CC2)ncc1C(F)(F)F. The zero-order valence-corrected chi connectivity index (χ0v) is 16.0. The van der Waals surface area contributed by atoms with Gasteiger partial charge in [0.05, 0.1) is 24.2 Å². The van der Waals surface area contributed by atoms with Crippen molar-refractivity contribution in [2.24, 2.45) is 0 Å². The van der Waals surface area contributed by atoms with E-state index < -0.39 is 17.3 Å². The number of carbonyl (C=O) groups is 1. The number of hydrogen-bond donors (Lipinski definition) is 2. The first-order valence-corrected chi connectivity index (χ1v) is 9.45. The Kier molecular flexibility index (Phi) is 4.62. The molecule has 8 nitrogen and oxygen atoms in total. The van der Waals surface area contributed by atoms with Crippen LogP contribution in [0, 0.1) is 0 Å². The molecule has 1 saturated carbocycles. The van der Waals surface area contributed by atoms with E-state index >= 15 is 0 Å². The molecule has 0 bridgehead atoms. The van der Waals surface area contributed by atoms with Gasteiger partial charge in [-0.3, -0.25) is 4.68 Å². The average Bonchev–Trinajstić information content (AvgIpc) is 3.32. The van der Waals surface area contributed by atoms with Crippen LogP contribution in [0.5, 0.6) is 0 Å². The van der Waals surface area contributed by atoms with Crippen molar-refractivity contribution in [3.8, 4) is 0 Å². The van der Waals surface area contributed by atoms with E-state index in [4.69, 9.17) is 4.74 Å². The Hall–Kier alpha value is -2.85. The molecule has 2 aromatic rings. The van der Waals surface area contributed by atoms with E-state index in [1.807, 2.05) is 0 Å². The predicted molar refractivity (Wildman–Crippen MR) is 97.9 cm³/mol. The zero-order chi connectivity index (χ0) is 20.8. The lowest BCUT2D eigenvalue weighted by molar-refractivity contribution is -0.145. The van der Waals surface area contributed by atoms with Crippen molar-refractivity contribution in [1.82, 2.24) is 19.7 Å². The fourth-order valence-electron chi connectivity index (χ4n) is 3.27. The second kappa shape index (κ2) is 6.89. The van der Waals surface area contributed by atoms with Crippen molar-refractivity contribution in [2.45, 2.75) is 50.7 Å². The highest BCUT2D eigenvalue weighted by Gasteiger charge is 2.44. The van der Waals surface area contributed by atoms with E-state index in [0.717, 1.165) is 24.7 Å². The highest BCUT2D eigenvalue weighted by Crippen LogP contribution is 2.44. The standard InChI is InChI=1S/C18H21F3N6O2/c1-3-22-14-11(18(19,20)21)8-23-16(25-14)24-12-9-27(26-13(12)10-4-5-10)17(2)6-7-29-15(17)28/h8-10H,3-7H2,1-2H3,(H2,22,23,24,25)/t17-/m0/s1. The van der Waals surface area contributed by atoms with Crippen LogP contribution in [0.25, 0.3) is 0 Å². The van der Waals surface area contributed by atoms with Crippen molar-refractivity contribution in [3.63, 3.8) is 0 Å². The Morgan fingerprint density at radius 3 is 2.72 bits per heavy atom. The van der Waals surface area contributed by atoms with Crippen molar-refractivity contribution in [3.05, 3.63) is 23.7 Å². The normalized spacial score (nSPS) is 21.9. The smallest absolute Gasteiger partial charge is 0.421 e. The van der Waals surface area contributed by atoms with Gasteiger partial charge in [0.1, 0.15) is 11.4 Å². The number of cyclic esters (lactones) is 1. The average molecular weight is 410 g/mol. The van der Waals surface area contributed by atoms with E-state index in [0.29, 0.717) is 18.7 Å². The molecule has 2 fully saturated rings. The maximum atomic E-state index is 13.2. The first kappa shape index (κ1) is 19.5. The molecule has 1 aliphatic carbocycles. The van der Waals surface area contributed by atoms with E-state index in [2.05, 4.69) is 25.7 Å². The number of carbonyl (C=O) groups excluding carboxylic acids is 1. The van der Waals surface area contributed by atoms with Gasteiger partial charge in [0.2, 0.25) is 5.95 Å². The van der Waals surface area contributed by atoms with Crippen molar-refractivity contribution >= 4 is 23.4 Å². The van der Waals surface area contributed by atoms with E-state index in [-0.39, 0.29) is 30.2 Å². The first-order chi connectivity index (χ1) is 13.7. The number of aromatic nitrogens is 4. The van der Waals surface area contributed by atoms with Crippen LogP contribution in [0.2, 0.25) is 0 Å². The molecule has 2 N–H and O–H groups in total. The number of halogens is 3. The van der Waals surface area contributed by atoms with E-state index in [1.54, 1.807) is 24.7 Å². The minimum absolute atomic E-state index is 0.0227. The largest absolute Gasteiger partial charge is 0.464 e. The Labute approximate surface area is 164 Å². The van der Waals surface area contributed by atoms with Gasteiger partial charge < -0.3 is 15.4 Å². The topological polar surface area (TPSA) is 94.0 Å². The van der Waals surface area contributed by atoms with Gasteiger partial charge in [0, 0.05) is 25.1 Å². The molecule has 11 heteroatoms. The number of rotatable bonds is 6. The summed E-state index contributed by atoms with van der Waals surface area (Å²) >= 11 is 0. The molecule has 1 atom stereocenters. The summed E-state index contributed by atoms with van der Waals surface area (Å²) in [6.07, 6.45) is 0.293. The van der Waals surface area contributed by atoms with Crippen molar-refractivity contribution in [1.29, 1.82) is 0 Å². The minimum Gasteiger partial charge on any atom is -0.464 e. The molecule has 0 radical (unpaired) electrons. The Bertz CT molecular complexity index is 940. The van der Waals surface area contributed by atoms with Crippen molar-refractivity contribution in [2.75, 3.05) is 23.8 Å². The summed E-state index contributed by atoms with van der Waals surface area (Å²) in [7, 11) is 0. The highest BCUT2D eigenvalue weighted by molar-refractivity contribution is 5.80. The van der Waals surface area contributed by atoms with Crippen LogP contribution in [0.1, 0.15) is 50.3 Å². The van der Waals surface area contributed by atoms with Crippen LogP contribution < -0.4 is 10.6 Å². The van der Waals surface area contributed by atoms with Gasteiger partial charge in [-0.2, -0.15) is 23.3 Å². The fourth-order valence-corrected chi connectivity index (χ4v) is 3.27.